The summed E-state index contributed by atoms with van der Waals surface area (Å²) < 4.78 is 11.1. The van der Waals surface area contributed by atoms with Crippen molar-refractivity contribution in [1.82, 2.24) is 20.4 Å². The lowest BCUT2D eigenvalue weighted by Gasteiger charge is -2.35. The normalized spacial score (nSPS) is 15.7. The number of aromatic nitrogens is 2. The molecule has 0 aliphatic carbocycles. The Morgan fingerprint density at radius 2 is 1.75 bits per heavy atom. The van der Waals surface area contributed by atoms with Gasteiger partial charge in [0.2, 0.25) is 5.82 Å². The van der Waals surface area contributed by atoms with Crippen LogP contribution in [0.3, 0.4) is 0 Å². The molecule has 0 saturated carbocycles. The fraction of sp³-hybridized carbons (Fsp3) is 0.179. The minimum absolute atomic E-state index is 0.186. The van der Waals surface area contributed by atoms with Gasteiger partial charge in [-0.2, -0.15) is 4.98 Å². The summed E-state index contributed by atoms with van der Waals surface area (Å²) in [6.45, 7) is 2.35. The number of ether oxygens (including phenoxy) is 1. The maximum atomic E-state index is 13.3. The number of urea groups is 1. The summed E-state index contributed by atoms with van der Waals surface area (Å²) in [5.41, 5.74) is 4.30. The van der Waals surface area contributed by atoms with Gasteiger partial charge in [-0.3, -0.25) is 4.90 Å². The Hall–Kier alpha value is -4.04. The fourth-order valence-corrected chi connectivity index (χ4v) is 4.65. The highest BCUT2D eigenvalue weighted by atomic mass is 32.2. The number of allylic oxidation sites excluding steroid dienone is 1. The molecule has 7 nitrogen and oxygen atoms in total. The first-order valence-electron chi connectivity index (χ1n) is 11.5. The van der Waals surface area contributed by atoms with E-state index in [0.29, 0.717) is 18.3 Å². The Bertz CT molecular complexity index is 1380. The molecule has 4 aromatic rings. The topological polar surface area (TPSA) is 80.5 Å². The predicted molar refractivity (Wildman–Crippen MR) is 140 cm³/mol. The molecule has 1 aliphatic heterocycles. The molecule has 5 rings (SSSR count). The zero-order valence-electron chi connectivity index (χ0n) is 20.3. The van der Waals surface area contributed by atoms with Crippen LogP contribution < -0.4 is 10.1 Å². The summed E-state index contributed by atoms with van der Waals surface area (Å²) in [4.78, 5) is 20.9. The molecule has 1 atom stereocenters. The van der Waals surface area contributed by atoms with Crippen molar-refractivity contribution in [3.05, 3.63) is 102 Å². The van der Waals surface area contributed by atoms with E-state index in [1.54, 1.807) is 23.8 Å². The second kappa shape index (κ2) is 10.3. The number of thioether (sulfide) groups is 1. The van der Waals surface area contributed by atoms with Gasteiger partial charge in [0.15, 0.2) is 0 Å². The van der Waals surface area contributed by atoms with E-state index in [-0.39, 0.29) is 6.03 Å². The molecule has 2 amide bonds. The molecule has 36 heavy (non-hydrogen) atoms. The molecule has 0 spiro atoms. The highest BCUT2D eigenvalue weighted by molar-refractivity contribution is 7.98. The average molecular weight is 499 g/mol. The summed E-state index contributed by atoms with van der Waals surface area (Å²) in [5, 5.41) is 7.37. The molecule has 182 valence electrons. The maximum absolute atomic E-state index is 13.3. The van der Waals surface area contributed by atoms with Crippen molar-refractivity contribution in [2.45, 2.75) is 24.4 Å². The SMILES string of the molecule is COc1ccc(C2NC(=O)N(Cc3ccc(SC)cc3)C(C)=C2c2nc(-c3ccccc3)no2)cc1. The van der Waals surface area contributed by atoms with Crippen molar-refractivity contribution in [1.29, 1.82) is 0 Å². The van der Waals surface area contributed by atoms with Crippen molar-refractivity contribution in [3.8, 4) is 17.1 Å². The van der Waals surface area contributed by atoms with E-state index in [9.17, 15) is 4.79 Å². The number of rotatable bonds is 7. The Balaban J connectivity index is 1.57. The zero-order chi connectivity index (χ0) is 25.1. The van der Waals surface area contributed by atoms with Crippen LogP contribution in [-0.2, 0) is 6.54 Å². The van der Waals surface area contributed by atoms with Gasteiger partial charge in [-0.25, -0.2) is 4.79 Å². The second-order valence-corrected chi connectivity index (χ2v) is 9.26. The minimum atomic E-state index is -0.456. The monoisotopic (exact) mass is 498 g/mol. The Labute approximate surface area is 214 Å². The quantitative estimate of drug-likeness (QED) is 0.307. The van der Waals surface area contributed by atoms with Crippen molar-refractivity contribution in [2.24, 2.45) is 0 Å². The van der Waals surface area contributed by atoms with Gasteiger partial charge in [-0.1, -0.05) is 59.8 Å². The lowest BCUT2D eigenvalue weighted by Crippen LogP contribution is -2.45. The molecule has 0 radical (unpaired) electrons. The number of amides is 2. The number of hydrogen-bond donors (Lipinski definition) is 1. The van der Waals surface area contributed by atoms with E-state index in [1.165, 1.54) is 4.90 Å². The molecular formula is C28H26N4O3S. The van der Waals surface area contributed by atoms with Gasteiger partial charge in [0.25, 0.3) is 5.89 Å². The third kappa shape index (κ3) is 4.72. The van der Waals surface area contributed by atoms with Crippen LogP contribution in [0.4, 0.5) is 4.79 Å². The Morgan fingerprint density at radius 1 is 1.03 bits per heavy atom. The molecule has 1 aromatic heterocycles. The summed E-state index contributed by atoms with van der Waals surface area (Å²) in [6, 6.07) is 24.9. The van der Waals surface area contributed by atoms with E-state index >= 15 is 0 Å². The zero-order valence-corrected chi connectivity index (χ0v) is 21.1. The van der Waals surface area contributed by atoms with Crippen LogP contribution in [0.25, 0.3) is 17.0 Å². The smallest absolute Gasteiger partial charge is 0.322 e. The molecule has 0 saturated heterocycles. The maximum Gasteiger partial charge on any atom is 0.322 e. The number of carbonyl (C=O) groups excluding carboxylic acids is 1. The standard InChI is InChI=1S/C28H26N4O3S/c1-18-24(27-30-26(31-35-27)21-7-5-4-6-8-21)25(20-11-13-22(34-2)14-12-20)29-28(33)32(18)17-19-9-15-23(36-3)16-10-19/h4-16,25H,17H2,1-3H3,(H,29,33). The molecule has 1 N–H and O–H groups in total. The number of carbonyl (C=O) groups is 1. The van der Waals surface area contributed by atoms with Crippen LogP contribution in [0.5, 0.6) is 5.75 Å². The van der Waals surface area contributed by atoms with Gasteiger partial charge in [-0.05, 0) is 48.6 Å². The molecule has 0 fully saturated rings. The van der Waals surface area contributed by atoms with Crippen LogP contribution >= 0.6 is 11.8 Å². The summed E-state index contributed by atoms with van der Waals surface area (Å²) in [6.07, 6.45) is 2.04. The third-order valence-electron chi connectivity index (χ3n) is 6.23. The van der Waals surface area contributed by atoms with Crippen LogP contribution in [0, 0.1) is 0 Å². The van der Waals surface area contributed by atoms with Gasteiger partial charge < -0.3 is 14.6 Å². The van der Waals surface area contributed by atoms with E-state index in [2.05, 4.69) is 22.6 Å². The summed E-state index contributed by atoms with van der Waals surface area (Å²) in [7, 11) is 1.63. The predicted octanol–water partition coefficient (Wildman–Crippen LogP) is 6.16. The lowest BCUT2D eigenvalue weighted by atomic mass is 9.94. The van der Waals surface area contributed by atoms with Gasteiger partial charge in [-0.15, -0.1) is 11.8 Å². The molecule has 1 unspecified atom stereocenters. The second-order valence-electron chi connectivity index (χ2n) is 8.38. The Morgan fingerprint density at radius 3 is 2.42 bits per heavy atom. The van der Waals surface area contributed by atoms with Crippen LogP contribution in [0.15, 0.2) is 94.0 Å². The first kappa shape index (κ1) is 23.7. The molecule has 8 heteroatoms. The fourth-order valence-electron chi connectivity index (χ4n) is 4.25. The van der Waals surface area contributed by atoms with E-state index in [0.717, 1.165) is 33.7 Å². The van der Waals surface area contributed by atoms with E-state index < -0.39 is 6.04 Å². The van der Waals surface area contributed by atoms with Gasteiger partial charge >= 0.3 is 6.03 Å². The third-order valence-corrected chi connectivity index (χ3v) is 6.98. The first-order chi connectivity index (χ1) is 17.6. The average Bonchev–Trinajstić information content (AvgIpc) is 3.41. The summed E-state index contributed by atoms with van der Waals surface area (Å²) >= 11 is 1.68. The largest absolute Gasteiger partial charge is 0.497 e. The first-order valence-corrected chi connectivity index (χ1v) is 12.7. The number of benzene rings is 3. The van der Waals surface area contributed by atoms with Crippen molar-refractivity contribution >= 4 is 23.4 Å². The number of hydrogen-bond acceptors (Lipinski definition) is 6. The molecule has 2 heterocycles. The molecule has 0 bridgehead atoms. The molecular weight excluding hydrogens is 472 g/mol. The van der Waals surface area contributed by atoms with Crippen LogP contribution in [0.2, 0.25) is 0 Å². The Kier molecular flexibility index (Phi) is 6.77. The highest BCUT2D eigenvalue weighted by Gasteiger charge is 2.35. The minimum Gasteiger partial charge on any atom is -0.497 e. The lowest BCUT2D eigenvalue weighted by molar-refractivity contribution is 0.203. The molecule has 3 aromatic carbocycles. The van der Waals surface area contributed by atoms with Crippen molar-refractivity contribution < 1.29 is 14.1 Å². The highest BCUT2D eigenvalue weighted by Crippen LogP contribution is 2.38. The van der Waals surface area contributed by atoms with E-state index in [1.807, 2.05) is 79.9 Å². The number of nitrogens with zero attached hydrogens (tertiary/aromatic N) is 3. The van der Waals surface area contributed by atoms with E-state index in [4.69, 9.17) is 14.2 Å². The van der Waals surface area contributed by atoms with Crippen molar-refractivity contribution in [3.63, 3.8) is 0 Å². The molecule has 1 aliphatic rings. The van der Waals surface area contributed by atoms with Gasteiger partial charge in [0, 0.05) is 16.2 Å². The van der Waals surface area contributed by atoms with Gasteiger partial charge in [0.05, 0.1) is 25.3 Å². The van der Waals surface area contributed by atoms with Crippen LogP contribution in [0.1, 0.15) is 30.0 Å². The number of nitrogens with one attached hydrogen (secondary N) is 1. The number of methoxy groups -OCH3 is 1. The summed E-state index contributed by atoms with van der Waals surface area (Å²) in [5.74, 6) is 1.60. The van der Waals surface area contributed by atoms with Crippen molar-refractivity contribution in [2.75, 3.05) is 13.4 Å². The van der Waals surface area contributed by atoms with Gasteiger partial charge in [0.1, 0.15) is 5.75 Å². The van der Waals surface area contributed by atoms with Crippen LogP contribution in [-0.4, -0.2) is 34.4 Å².